The number of hydrogen-bond acceptors (Lipinski definition) is 3. The molecular formula is C17H20F3N3O2. The zero-order valence-corrected chi connectivity index (χ0v) is 13.5. The number of aliphatic carboxylic acids is 1. The molecule has 1 aromatic heterocycles. The van der Waals surface area contributed by atoms with Crippen LogP contribution in [0.2, 0.25) is 0 Å². The molecule has 1 aromatic carbocycles. The van der Waals surface area contributed by atoms with Gasteiger partial charge in [-0.3, -0.25) is 4.90 Å². The van der Waals surface area contributed by atoms with E-state index in [0.29, 0.717) is 0 Å². The maximum atomic E-state index is 10.6. The summed E-state index contributed by atoms with van der Waals surface area (Å²) in [5, 5.41) is 10.5. The third kappa shape index (κ3) is 6.24. The van der Waals surface area contributed by atoms with Crippen molar-refractivity contribution in [1.29, 1.82) is 0 Å². The maximum absolute atomic E-state index is 10.6. The van der Waals surface area contributed by atoms with Crippen LogP contribution in [0.3, 0.4) is 0 Å². The molecule has 1 saturated heterocycles. The van der Waals surface area contributed by atoms with Gasteiger partial charge in [-0.1, -0.05) is 12.1 Å². The molecule has 2 aromatic rings. The predicted molar refractivity (Wildman–Crippen MR) is 87.6 cm³/mol. The summed E-state index contributed by atoms with van der Waals surface area (Å²) in [5.74, 6) is -2.76. The van der Waals surface area contributed by atoms with E-state index < -0.39 is 12.1 Å². The molecule has 1 fully saturated rings. The average molecular weight is 355 g/mol. The summed E-state index contributed by atoms with van der Waals surface area (Å²) in [6.45, 7) is 5.59. The van der Waals surface area contributed by atoms with Crippen molar-refractivity contribution < 1.29 is 23.1 Å². The van der Waals surface area contributed by atoms with E-state index in [9.17, 15) is 13.2 Å². The van der Waals surface area contributed by atoms with Crippen LogP contribution in [0.15, 0.2) is 48.8 Å². The van der Waals surface area contributed by atoms with Gasteiger partial charge in [0.25, 0.3) is 0 Å². The standard InChI is InChI=1S/C15H19N3.C2HF3O2/c1-2-10-18(9-1)15-5-3-14(4-6-15)13-17-11-7-16-8-12-17;3-2(4,5)1(6)7/h1-6,9-10,16H,7-8,11-13H2;(H,6,7). The maximum Gasteiger partial charge on any atom is 0.490 e. The molecule has 0 bridgehead atoms. The van der Waals surface area contributed by atoms with E-state index in [2.05, 4.69) is 63.6 Å². The fourth-order valence-electron chi connectivity index (χ4n) is 2.41. The van der Waals surface area contributed by atoms with Gasteiger partial charge >= 0.3 is 12.1 Å². The number of rotatable bonds is 3. The Morgan fingerprint density at radius 3 is 2.08 bits per heavy atom. The van der Waals surface area contributed by atoms with E-state index in [1.54, 1.807) is 0 Å². The Hall–Kier alpha value is -2.32. The van der Waals surface area contributed by atoms with Crippen LogP contribution in [-0.4, -0.2) is 52.9 Å². The van der Waals surface area contributed by atoms with Gasteiger partial charge in [0.15, 0.2) is 0 Å². The van der Waals surface area contributed by atoms with Crippen molar-refractivity contribution in [3.8, 4) is 5.69 Å². The van der Waals surface area contributed by atoms with Gasteiger partial charge in [0.2, 0.25) is 0 Å². The molecule has 0 amide bonds. The number of carbonyl (C=O) groups is 1. The number of hydrogen-bond donors (Lipinski definition) is 2. The minimum Gasteiger partial charge on any atom is -0.475 e. The highest BCUT2D eigenvalue weighted by atomic mass is 19.4. The average Bonchev–Trinajstić information content (AvgIpc) is 3.11. The molecule has 0 radical (unpaired) electrons. The van der Waals surface area contributed by atoms with Gasteiger partial charge in [0.05, 0.1) is 0 Å². The smallest absolute Gasteiger partial charge is 0.475 e. The molecule has 0 atom stereocenters. The molecule has 1 aliphatic rings. The summed E-state index contributed by atoms with van der Waals surface area (Å²) >= 11 is 0. The number of aromatic nitrogens is 1. The molecule has 1 aliphatic heterocycles. The van der Waals surface area contributed by atoms with Gasteiger partial charge in [-0.25, -0.2) is 4.79 Å². The normalized spacial score (nSPS) is 15.3. The highest BCUT2D eigenvalue weighted by Crippen LogP contribution is 2.13. The lowest BCUT2D eigenvalue weighted by atomic mass is 10.2. The molecule has 2 heterocycles. The van der Waals surface area contributed by atoms with Gasteiger partial charge in [-0.05, 0) is 29.8 Å². The largest absolute Gasteiger partial charge is 0.490 e. The molecular weight excluding hydrogens is 335 g/mol. The summed E-state index contributed by atoms with van der Waals surface area (Å²) in [7, 11) is 0. The third-order valence-corrected chi connectivity index (χ3v) is 3.70. The molecule has 0 spiro atoms. The van der Waals surface area contributed by atoms with Crippen LogP contribution < -0.4 is 5.32 Å². The Bertz CT molecular complexity index is 649. The lowest BCUT2D eigenvalue weighted by Gasteiger charge is -2.27. The van der Waals surface area contributed by atoms with Crippen LogP contribution in [0.25, 0.3) is 5.69 Å². The Balaban J connectivity index is 0.000000277. The highest BCUT2D eigenvalue weighted by molar-refractivity contribution is 5.73. The van der Waals surface area contributed by atoms with Crippen molar-refractivity contribution in [2.75, 3.05) is 26.2 Å². The topological polar surface area (TPSA) is 57.5 Å². The monoisotopic (exact) mass is 355 g/mol. The van der Waals surface area contributed by atoms with Crippen molar-refractivity contribution in [2.24, 2.45) is 0 Å². The van der Waals surface area contributed by atoms with E-state index in [1.165, 1.54) is 11.3 Å². The number of nitrogens with one attached hydrogen (secondary N) is 1. The SMILES string of the molecule is O=C(O)C(F)(F)F.c1ccn(-c2ccc(CN3CCNCC3)cc2)c1. The molecule has 2 N–H and O–H groups in total. The number of carboxylic acid groups (broad SMARTS) is 1. The van der Waals surface area contributed by atoms with Gasteiger partial charge in [-0.15, -0.1) is 0 Å². The van der Waals surface area contributed by atoms with Crippen LogP contribution in [0.5, 0.6) is 0 Å². The van der Waals surface area contributed by atoms with Crippen LogP contribution in [0.1, 0.15) is 5.56 Å². The number of alkyl halides is 3. The first-order valence-corrected chi connectivity index (χ1v) is 7.82. The number of halogens is 3. The van der Waals surface area contributed by atoms with E-state index in [0.717, 1.165) is 32.7 Å². The Labute approximate surface area is 143 Å². The van der Waals surface area contributed by atoms with E-state index in [-0.39, 0.29) is 0 Å². The first-order valence-electron chi connectivity index (χ1n) is 7.82. The molecule has 5 nitrogen and oxygen atoms in total. The molecule has 3 rings (SSSR count). The van der Waals surface area contributed by atoms with Gasteiger partial charge in [-0.2, -0.15) is 13.2 Å². The van der Waals surface area contributed by atoms with Crippen LogP contribution in [0.4, 0.5) is 13.2 Å². The second-order valence-electron chi connectivity index (χ2n) is 5.59. The molecule has 0 unspecified atom stereocenters. The number of carboxylic acids is 1. The van der Waals surface area contributed by atoms with E-state index >= 15 is 0 Å². The fraction of sp³-hybridized carbons (Fsp3) is 0.353. The molecule has 25 heavy (non-hydrogen) atoms. The number of nitrogens with zero attached hydrogens (tertiary/aromatic N) is 2. The van der Waals surface area contributed by atoms with Crippen molar-refractivity contribution >= 4 is 5.97 Å². The Morgan fingerprint density at radius 1 is 1.08 bits per heavy atom. The predicted octanol–water partition coefficient (Wildman–Crippen LogP) is 2.52. The minimum absolute atomic E-state index is 1.06. The Morgan fingerprint density at radius 2 is 1.60 bits per heavy atom. The van der Waals surface area contributed by atoms with Crippen molar-refractivity contribution in [3.05, 3.63) is 54.4 Å². The summed E-state index contributed by atoms with van der Waals surface area (Å²) in [6, 6.07) is 13.0. The van der Waals surface area contributed by atoms with Gasteiger partial charge in [0.1, 0.15) is 0 Å². The molecule has 136 valence electrons. The molecule has 0 aliphatic carbocycles. The second-order valence-corrected chi connectivity index (χ2v) is 5.59. The number of piperazine rings is 1. The first kappa shape index (κ1) is 19.0. The summed E-state index contributed by atoms with van der Waals surface area (Å²) in [6.07, 6.45) is -0.934. The zero-order valence-electron chi connectivity index (χ0n) is 13.5. The number of benzene rings is 1. The summed E-state index contributed by atoms with van der Waals surface area (Å²) < 4.78 is 33.9. The van der Waals surface area contributed by atoms with Crippen LogP contribution in [-0.2, 0) is 11.3 Å². The summed E-state index contributed by atoms with van der Waals surface area (Å²) in [4.78, 5) is 11.4. The fourth-order valence-corrected chi connectivity index (χ4v) is 2.41. The van der Waals surface area contributed by atoms with Crippen LogP contribution in [0, 0.1) is 0 Å². The lowest BCUT2D eigenvalue weighted by molar-refractivity contribution is -0.192. The van der Waals surface area contributed by atoms with E-state index in [4.69, 9.17) is 9.90 Å². The Kier molecular flexibility index (Phi) is 6.60. The molecule has 0 saturated carbocycles. The van der Waals surface area contributed by atoms with Crippen LogP contribution >= 0.6 is 0 Å². The third-order valence-electron chi connectivity index (χ3n) is 3.70. The summed E-state index contributed by atoms with van der Waals surface area (Å²) in [5.41, 5.74) is 2.62. The van der Waals surface area contributed by atoms with Gasteiger partial charge < -0.3 is 15.0 Å². The van der Waals surface area contributed by atoms with Crippen molar-refractivity contribution in [3.63, 3.8) is 0 Å². The lowest BCUT2D eigenvalue weighted by Crippen LogP contribution is -2.42. The second kappa shape index (κ2) is 8.68. The van der Waals surface area contributed by atoms with Gasteiger partial charge in [0, 0.05) is 50.8 Å². The molecule has 8 heteroatoms. The van der Waals surface area contributed by atoms with Crippen molar-refractivity contribution in [2.45, 2.75) is 12.7 Å². The zero-order chi connectivity index (χ0) is 18.3. The highest BCUT2D eigenvalue weighted by Gasteiger charge is 2.38. The first-order chi connectivity index (χ1) is 11.9. The van der Waals surface area contributed by atoms with E-state index in [1.807, 2.05) is 0 Å². The quantitative estimate of drug-likeness (QED) is 0.888. The minimum atomic E-state index is -5.08. The van der Waals surface area contributed by atoms with Crippen molar-refractivity contribution in [1.82, 2.24) is 14.8 Å².